The fourth-order valence-corrected chi connectivity index (χ4v) is 3.24. The predicted octanol–water partition coefficient (Wildman–Crippen LogP) is 3.85. The Morgan fingerprint density at radius 2 is 2.19 bits per heavy atom. The molecule has 0 saturated heterocycles. The number of aryl methyl sites for hydroxylation is 1. The molecule has 0 aliphatic carbocycles. The van der Waals surface area contributed by atoms with Crippen LogP contribution in [0, 0.1) is 18.3 Å². The number of fused-ring (bicyclic) bond motifs is 1. The molecule has 2 aromatic heterocycles. The molecule has 21 heavy (non-hydrogen) atoms. The molecule has 4 nitrogen and oxygen atoms in total. The molecule has 0 aliphatic heterocycles. The van der Waals surface area contributed by atoms with E-state index in [2.05, 4.69) is 12.1 Å². The van der Waals surface area contributed by atoms with Crippen LogP contribution in [0.1, 0.15) is 10.4 Å². The summed E-state index contributed by atoms with van der Waals surface area (Å²) in [5, 5.41) is 9.28. The third-order valence-corrected chi connectivity index (χ3v) is 4.23. The molecule has 0 spiro atoms. The van der Waals surface area contributed by atoms with E-state index < -0.39 is 0 Å². The van der Waals surface area contributed by atoms with E-state index in [0.717, 1.165) is 21.7 Å². The molecule has 0 fully saturated rings. The van der Waals surface area contributed by atoms with E-state index in [9.17, 15) is 5.26 Å². The van der Waals surface area contributed by atoms with Gasteiger partial charge in [-0.05, 0) is 25.1 Å². The number of nitriles is 1. The highest BCUT2D eigenvalue weighted by molar-refractivity contribution is 7.19. The fraction of sp³-hybridized carbons (Fsp3) is 0.188. The first kappa shape index (κ1) is 13.7. The minimum atomic E-state index is 0.214. The number of hydrogen-bond donors (Lipinski definition) is 0. The van der Waals surface area contributed by atoms with E-state index in [1.54, 1.807) is 18.4 Å². The van der Waals surface area contributed by atoms with Crippen molar-refractivity contribution in [2.75, 3.05) is 13.9 Å². The number of ether oxygens (including phenoxy) is 2. The molecule has 0 saturated carbocycles. The maximum atomic E-state index is 9.28. The number of hydrogen-bond acceptors (Lipinski definition) is 4. The van der Waals surface area contributed by atoms with Gasteiger partial charge in [0.1, 0.15) is 11.8 Å². The number of rotatable bonds is 4. The SMILES string of the molecule is COCOc1cccc(-n2cc(C#N)c3sc(C)cc32)c1. The van der Waals surface area contributed by atoms with Crippen LogP contribution in [0.15, 0.2) is 36.5 Å². The average molecular weight is 298 g/mol. The number of nitrogens with zero attached hydrogens (tertiary/aromatic N) is 2. The number of aromatic nitrogens is 1. The summed E-state index contributed by atoms with van der Waals surface area (Å²) < 4.78 is 13.4. The molecule has 0 bridgehead atoms. The van der Waals surface area contributed by atoms with Gasteiger partial charge in [0, 0.05) is 29.9 Å². The monoisotopic (exact) mass is 298 g/mol. The summed E-state index contributed by atoms with van der Waals surface area (Å²) in [7, 11) is 1.59. The Kier molecular flexibility index (Phi) is 3.65. The van der Waals surface area contributed by atoms with Crippen molar-refractivity contribution in [3.05, 3.63) is 47.0 Å². The van der Waals surface area contributed by atoms with Crippen molar-refractivity contribution < 1.29 is 9.47 Å². The van der Waals surface area contributed by atoms with Gasteiger partial charge in [0.25, 0.3) is 0 Å². The molecule has 0 atom stereocenters. The van der Waals surface area contributed by atoms with Crippen molar-refractivity contribution in [3.8, 4) is 17.5 Å². The molecule has 0 unspecified atom stereocenters. The lowest BCUT2D eigenvalue weighted by Gasteiger charge is -2.08. The summed E-state index contributed by atoms with van der Waals surface area (Å²) in [6.45, 7) is 2.26. The maximum Gasteiger partial charge on any atom is 0.188 e. The van der Waals surface area contributed by atoms with E-state index in [1.165, 1.54) is 4.88 Å². The second kappa shape index (κ2) is 5.60. The topological polar surface area (TPSA) is 47.2 Å². The van der Waals surface area contributed by atoms with Crippen LogP contribution in [0.3, 0.4) is 0 Å². The highest BCUT2D eigenvalue weighted by Crippen LogP contribution is 2.32. The lowest BCUT2D eigenvalue weighted by atomic mass is 10.3. The number of thiophene rings is 1. The summed E-state index contributed by atoms with van der Waals surface area (Å²) in [5.41, 5.74) is 2.72. The highest BCUT2D eigenvalue weighted by Gasteiger charge is 2.12. The summed E-state index contributed by atoms with van der Waals surface area (Å²) in [5.74, 6) is 0.738. The van der Waals surface area contributed by atoms with E-state index in [-0.39, 0.29) is 6.79 Å². The molecule has 0 aliphatic rings. The van der Waals surface area contributed by atoms with Gasteiger partial charge in [0.05, 0.1) is 15.8 Å². The molecule has 2 heterocycles. The van der Waals surface area contributed by atoms with Gasteiger partial charge in [-0.2, -0.15) is 5.26 Å². The minimum Gasteiger partial charge on any atom is -0.467 e. The molecule has 3 rings (SSSR count). The van der Waals surface area contributed by atoms with Crippen LogP contribution in [0.25, 0.3) is 15.9 Å². The van der Waals surface area contributed by atoms with Crippen LogP contribution < -0.4 is 4.74 Å². The molecular weight excluding hydrogens is 284 g/mol. The molecular formula is C16H14N2O2S. The normalized spacial score (nSPS) is 10.7. The van der Waals surface area contributed by atoms with Crippen molar-refractivity contribution in [2.24, 2.45) is 0 Å². The molecule has 1 aromatic carbocycles. The van der Waals surface area contributed by atoms with E-state index in [0.29, 0.717) is 5.56 Å². The van der Waals surface area contributed by atoms with Gasteiger partial charge < -0.3 is 14.0 Å². The largest absolute Gasteiger partial charge is 0.467 e. The van der Waals surface area contributed by atoms with Crippen LogP contribution in [0.2, 0.25) is 0 Å². The van der Waals surface area contributed by atoms with Crippen molar-refractivity contribution in [1.29, 1.82) is 5.26 Å². The first-order valence-electron chi connectivity index (χ1n) is 6.46. The quantitative estimate of drug-likeness (QED) is 0.687. The number of methoxy groups -OCH3 is 1. The Morgan fingerprint density at radius 3 is 2.95 bits per heavy atom. The van der Waals surface area contributed by atoms with Crippen molar-refractivity contribution in [2.45, 2.75) is 6.92 Å². The van der Waals surface area contributed by atoms with Crippen molar-refractivity contribution in [1.82, 2.24) is 4.57 Å². The van der Waals surface area contributed by atoms with Gasteiger partial charge in [-0.1, -0.05) is 6.07 Å². The van der Waals surface area contributed by atoms with Crippen molar-refractivity contribution >= 4 is 21.6 Å². The van der Waals surface area contributed by atoms with Gasteiger partial charge in [-0.15, -0.1) is 11.3 Å². The Labute approximate surface area is 126 Å². The van der Waals surface area contributed by atoms with Gasteiger partial charge >= 0.3 is 0 Å². The maximum absolute atomic E-state index is 9.28. The zero-order valence-electron chi connectivity index (χ0n) is 11.8. The van der Waals surface area contributed by atoms with Crippen LogP contribution in [-0.2, 0) is 4.74 Å². The Hall–Kier alpha value is -2.29. The molecule has 5 heteroatoms. The molecule has 0 N–H and O–H groups in total. The highest BCUT2D eigenvalue weighted by atomic mass is 32.1. The van der Waals surface area contributed by atoms with E-state index >= 15 is 0 Å². The Morgan fingerprint density at radius 1 is 1.33 bits per heavy atom. The molecule has 3 aromatic rings. The Balaban J connectivity index is 2.10. The fourth-order valence-electron chi connectivity index (χ4n) is 2.27. The molecule has 106 valence electrons. The van der Waals surface area contributed by atoms with E-state index in [1.807, 2.05) is 42.0 Å². The Bertz CT molecular complexity index is 827. The lowest BCUT2D eigenvalue weighted by Crippen LogP contribution is -1.99. The summed E-state index contributed by atoms with van der Waals surface area (Å²) in [4.78, 5) is 1.19. The van der Waals surface area contributed by atoms with Gasteiger partial charge in [-0.25, -0.2) is 0 Å². The third-order valence-electron chi connectivity index (χ3n) is 3.16. The zero-order chi connectivity index (χ0) is 14.8. The van der Waals surface area contributed by atoms with Crippen molar-refractivity contribution in [3.63, 3.8) is 0 Å². The summed E-state index contributed by atoms with van der Waals surface area (Å²) >= 11 is 1.64. The van der Waals surface area contributed by atoms with Crippen LogP contribution >= 0.6 is 11.3 Å². The number of benzene rings is 1. The second-order valence-corrected chi connectivity index (χ2v) is 5.90. The van der Waals surface area contributed by atoms with Crippen LogP contribution in [0.5, 0.6) is 5.75 Å². The van der Waals surface area contributed by atoms with Gasteiger partial charge in [0.15, 0.2) is 6.79 Å². The second-order valence-electron chi connectivity index (χ2n) is 4.64. The van der Waals surface area contributed by atoms with Crippen LogP contribution in [-0.4, -0.2) is 18.5 Å². The standard InChI is InChI=1S/C16H14N2O2S/c1-11-6-15-16(21-11)12(8-17)9-18(15)13-4-3-5-14(7-13)20-10-19-2/h3-7,9H,10H2,1-2H3. The van der Waals surface area contributed by atoms with Gasteiger partial charge in [-0.3, -0.25) is 0 Å². The lowest BCUT2D eigenvalue weighted by molar-refractivity contribution is 0.0511. The molecule has 0 radical (unpaired) electrons. The zero-order valence-corrected chi connectivity index (χ0v) is 12.6. The summed E-state index contributed by atoms with van der Waals surface area (Å²) in [6, 6.07) is 12.1. The first-order chi connectivity index (χ1) is 10.2. The smallest absolute Gasteiger partial charge is 0.188 e. The minimum absolute atomic E-state index is 0.214. The average Bonchev–Trinajstić information content (AvgIpc) is 3.02. The van der Waals surface area contributed by atoms with E-state index in [4.69, 9.17) is 9.47 Å². The van der Waals surface area contributed by atoms with Crippen LogP contribution in [0.4, 0.5) is 0 Å². The predicted molar refractivity (Wildman–Crippen MR) is 83.1 cm³/mol. The molecule has 0 amide bonds. The first-order valence-corrected chi connectivity index (χ1v) is 7.28. The third kappa shape index (κ3) is 2.51. The summed E-state index contributed by atoms with van der Waals surface area (Å²) in [6.07, 6.45) is 1.87. The van der Waals surface area contributed by atoms with Gasteiger partial charge in [0.2, 0.25) is 0 Å².